The van der Waals surface area contributed by atoms with Gasteiger partial charge in [0.05, 0.1) is 0 Å². The Morgan fingerprint density at radius 3 is 2.10 bits per heavy atom. The summed E-state index contributed by atoms with van der Waals surface area (Å²) in [5, 5.41) is 1.68. The SMILES string of the molecule is NC(=O)N1CCN(N)CC1. The van der Waals surface area contributed by atoms with E-state index in [1.54, 1.807) is 9.91 Å². The lowest BCUT2D eigenvalue weighted by Crippen LogP contribution is -2.52. The highest BCUT2D eigenvalue weighted by Crippen LogP contribution is 1.95. The van der Waals surface area contributed by atoms with E-state index in [0.29, 0.717) is 26.2 Å². The first-order valence-electron chi connectivity index (χ1n) is 3.24. The lowest BCUT2D eigenvalue weighted by Gasteiger charge is -2.30. The van der Waals surface area contributed by atoms with Crippen LogP contribution < -0.4 is 11.6 Å². The second-order valence-electron chi connectivity index (χ2n) is 2.36. The first-order valence-corrected chi connectivity index (χ1v) is 3.24. The molecule has 0 atom stereocenters. The van der Waals surface area contributed by atoms with E-state index >= 15 is 0 Å². The van der Waals surface area contributed by atoms with Crippen molar-refractivity contribution < 1.29 is 4.79 Å². The minimum Gasteiger partial charge on any atom is -0.351 e. The molecule has 0 aromatic rings. The van der Waals surface area contributed by atoms with E-state index < -0.39 is 0 Å². The minimum absolute atomic E-state index is 0.354. The highest BCUT2D eigenvalue weighted by molar-refractivity contribution is 5.72. The van der Waals surface area contributed by atoms with Gasteiger partial charge in [-0.15, -0.1) is 0 Å². The topological polar surface area (TPSA) is 75.6 Å². The molecule has 0 aromatic heterocycles. The van der Waals surface area contributed by atoms with Gasteiger partial charge in [-0.3, -0.25) is 5.84 Å². The molecule has 1 rings (SSSR count). The summed E-state index contributed by atoms with van der Waals surface area (Å²) in [6.07, 6.45) is 0. The summed E-state index contributed by atoms with van der Waals surface area (Å²) in [4.78, 5) is 12.1. The van der Waals surface area contributed by atoms with Crippen LogP contribution in [0.25, 0.3) is 0 Å². The van der Waals surface area contributed by atoms with Gasteiger partial charge in [-0.1, -0.05) is 0 Å². The van der Waals surface area contributed by atoms with Crippen molar-refractivity contribution in [3.63, 3.8) is 0 Å². The number of carbonyl (C=O) groups is 1. The maximum Gasteiger partial charge on any atom is 0.314 e. The van der Waals surface area contributed by atoms with Gasteiger partial charge in [-0.05, 0) is 0 Å². The number of nitrogens with two attached hydrogens (primary N) is 2. The monoisotopic (exact) mass is 144 g/mol. The zero-order valence-corrected chi connectivity index (χ0v) is 5.79. The second-order valence-corrected chi connectivity index (χ2v) is 2.36. The van der Waals surface area contributed by atoms with Crippen LogP contribution in [0.1, 0.15) is 0 Å². The van der Waals surface area contributed by atoms with E-state index in [-0.39, 0.29) is 6.03 Å². The summed E-state index contributed by atoms with van der Waals surface area (Å²) in [7, 11) is 0. The van der Waals surface area contributed by atoms with Gasteiger partial charge >= 0.3 is 6.03 Å². The maximum atomic E-state index is 10.5. The van der Waals surface area contributed by atoms with E-state index in [1.807, 2.05) is 0 Å². The van der Waals surface area contributed by atoms with Crippen LogP contribution in [0.4, 0.5) is 4.79 Å². The Labute approximate surface area is 59.5 Å². The minimum atomic E-state index is -0.354. The molecule has 0 radical (unpaired) electrons. The predicted octanol–water partition coefficient (Wildman–Crippen LogP) is -1.44. The quantitative estimate of drug-likeness (QED) is 0.409. The molecule has 0 unspecified atom stereocenters. The first-order chi connectivity index (χ1) is 4.70. The highest BCUT2D eigenvalue weighted by atomic mass is 16.2. The number of hydrazine groups is 1. The normalized spacial score (nSPS) is 21.1. The third-order valence-electron chi connectivity index (χ3n) is 1.63. The van der Waals surface area contributed by atoms with Gasteiger partial charge in [-0.25, -0.2) is 9.80 Å². The summed E-state index contributed by atoms with van der Waals surface area (Å²) in [6, 6.07) is -0.354. The van der Waals surface area contributed by atoms with E-state index in [4.69, 9.17) is 11.6 Å². The van der Waals surface area contributed by atoms with Gasteiger partial charge < -0.3 is 10.6 Å². The first kappa shape index (κ1) is 7.30. The fourth-order valence-electron chi connectivity index (χ4n) is 0.942. The molecule has 1 aliphatic rings. The third-order valence-corrected chi connectivity index (χ3v) is 1.63. The van der Waals surface area contributed by atoms with E-state index in [0.717, 1.165) is 0 Å². The fourth-order valence-corrected chi connectivity index (χ4v) is 0.942. The Morgan fingerprint density at radius 2 is 1.70 bits per heavy atom. The standard InChI is InChI=1S/C5H12N4O/c6-5(10)8-1-3-9(7)4-2-8/h1-4,7H2,(H2,6,10). The number of carbonyl (C=O) groups excluding carboxylic acids is 1. The number of hydrogen-bond donors (Lipinski definition) is 2. The van der Waals surface area contributed by atoms with Crippen LogP contribution in [-0.4, -0.2) is 42.1 Å². The van der Waals surface area contributed by atoms with Crippen molar-refractivity contribution in [2.24, 2.45) is 11.6 Å². The van der Waals surface area contributed by atoms with Crippen molar-refractivity contribution in [1.29, 1.82) is 0 Å². The Hall–Kier alpha value is -0.810. The third kappa shape index (κ3) is 1.58. The number of primary amides is 1. The molecule has 1 heterocycles. The summed E-state index contributed by atoms with van der Waals surface area (Å²) < 4.78 is 0. The molecule has 0 aliphatic carbocycles. The second kappa shape index (κ2) is 2.85. The van der Waals surface area contributed by atoms with E-state index in [1.165, 1.54) is 0 Å². The molecule has 5 nitrogen and oxygen atoms in total. The molecule has 0 aromatic carbocycles. The van der Waals surface area contributed by atoms with Gasteiger partial charge in [0, 0.05) is 26.2 Å². The predicted molar refractivity (Wildman–Crippen MR) is 36.9 cm³/mol. The van der Waals surface area contributed by atoms with Crippen molar-refractivity contribution in [2.45, 2.75) is 0 Å². The Morgan fingerprint density at radius 1 is 1.20 bits per heavy atom. The Balaban J connectivity index is 2.33. The Bertz CT molecular complexity index is 130. The molecule has 0 saturated carbocycles. The molecule has 10 heavy (non-hydrogen) atoms. The molecule has 1 fully saturated rings. The highest BCUT2D eigenvalue weighted by Gasteiger charge is 2.15. The molecule has 58 valence electrons. The van der Waals surface area contributed by atoms with Gasteiger partial charge in [0.1, 0.15) is 0 Å². The number of urea groups is 1. The average Bonchev–Trinajstić information content (AvgIpc) is 1.88. The molecule has 4 N–H and O–H groups in total. The van der Waals surface area contributed by atoms with Gasteiger partial charge in [0.2, 0.25) is 0 Å². The summed E-state index contributed by atoms with van der Waals surface area (Å²) >= 11 is 0. The molecule has 5 heteroatoms. The fraction of sp³-hybridized carbons (Fsp3) is 0.800. The molecule has 0 spiro atoms. The summed E-state index contributed by atoms with van der Waals surface area (Å²) in [5.74, 6) is 5.45. The average molecular weight is 144 g/mol. The van der Waals surface area contributed by atoms with Crippen LogP contribution in [0.15, 0.2) is 0 Å². The van der Waals surface area contributed by atoms with Crippen LogP contribution >= 0.6 is 0 Å². The molecular formula is C5H12N4O. The van der Waals surface area contributed by atoms with Crippen molar-refractivity contribution >= 4 is 6.03 Å². The summed E-state index contributed by atoms with van der Waals surface area (Å²) in [6.45, 7) is 2.71. The number of hydrogen-bond acceptors (Lipinski definition) is 3. The van der Waals surface area contributed by atoms with Crippen LogP contribution in [0.2, 0.25) is 0 Å². The molecule has 2 amide bonds. The van der Waals surface area contributed by atoms with Crippen molar-refractivity contribution in [3.8, 4) is 0 Å². The summed E-state index contributed by atoms with van der Waals surface area (Å²) in [5.41, 5.74) is 5.04. The zero-order chi connectivity index (χ0) is 7.56. The zero-order valence-electron chi connectivity index (χ0n) is 5.79. The maximum absolute atomic E-state index is 10.5. The van der Waals surface area contributed by atoms with Crippen LogP contribution in [0.5, 0.6) is 0 Å². The lowest BCUT2D eigenvalue weighted by atomic mass is 10.4. The van der Waals surface area contributed by atoms with Gasteiger partial charge in [-0.2, -0.15) is 0 Å². The van der Waals surface area contributed by atoms with Crippen LogP contribution in [0.3, 0.4) is 0 Å². The Kier molecular flexibility index (Phi) is 2.08. The van der Waals surface area contributed by atoms with Crippen molar-refractivity contribution in [1.82, 2.24) is 9.91 Å². The molecule has 1 aliphatic heterocycles. The number of piperazine rings is 1. The van der Waals surface area contributed by atoms with Gasteiger partial charge in [0.15, 0.2) is 0 Å². The number of rotatable bonds is 0. The van der Waals surface area contributed by atoms with Crippen molar-refractivity contribution in [2.75, 3.05) is 26.2 Å². The lowest BCUT2D eigenvalue weighted by molar-refractivity contribution is 0.146. The van der Waals surface area contributed by atoms with Crippen molar-refractivity contribution in [3.05, 3.63) is 0 Å². The van der Waals surface area contributed by atoms with E-state index in [9.17, 15) is 4.79 Å². The van der Waals surface area contributed by atoms with Crippen LogP contribution in [-0.2, 0) is 0 Å². The molecule has 1 saturated heterocycles. The number of nitrogens with zero attached hydrogens (tertiary/aromatic N) is 2. The molecular weight excluding hydrogens is 132 g/mol. The smallest absolute Gasteiger partial charge is 0.314 e. The van der Waals surface area contributed by atoms with Gasteiger partial charge in [0.25, 0.3) is 0 Å². The van der Waals surface area contributed by atoms with Crippen LogP contribution in [0, 0.1) is 0 Å². The number of amides is 2. The largest absolute Gasteiger partial charge is 0.351 e. The van der Waals surface area contributed by atoms with E-state index in [2.05, 4.69) is 0 Å². The molecule has 0 bridgehead atoms.